The molecule has 4 rings (SSSR count). The molecule has 3 fully saturated rings. The van der Waals surface area contributed by atoms with Crippen LogP contribution in [0.4, 0.5) is 0 Å². The highest BCUT2D eigenvalue weighted by molar-refractivity contribution is 7.09. The fourth-order valence-corrected chi connectivity index (χ4v) is 3.44. The van der Waals surface area contributed by atoms with Crippen LogP contribution in [0.3, 0.4) is 0 Å². The third kappa shape index (κ3) is 2.00. The number of rotatable bonds is 3. The van der Waals surface area contributed by atoms with Gasteiger partial charge in [-0.15, -0.1) is 11.3 Å². The average molecular weight is 238 g/mol. The molecule has 2 atom stereocenters. The second kappa shape index (κ2) is 4.41. The van der Waals surface area contributed by atoms with E-state index in [9.17, 15) is 0 Å². The van der Waals surface area contributed by atoms with Gasteiger partial charge in [-0.2, -0.15) is 0 Å². The van der Waals surface area contributed by atoms with Crippen molar-refractivity contribution in [3.63, 3.8) is 0 Å². The van der Waals surface area contributed by atoms with Gasteiger partial charge in [0.05, 0.1) is 5.01 Å². The molecule has 5 heteroatoms. The van der Waals surface area contributed by atoms with E-state index in [0.29, 0.717) is 6.04 Å². The van der Waals surface area contributed by atoms with Crippen LogP contribution >= 0.6 is 11.3 Å². The molecule has 0 spiro atoms. The fraction of sp³-hybridized carbons (Fsp3) is 0.727. The van der Waals surface area contributed by atoms with E-state index in [2.05, 4.69) is 14.8 Å². The number of nitrogens with zero attached hydrogens (tertiary/aromatic N) is 3. The number of thiazole rings is 1. The Balaban J connectivity index is 1.64. The minimum atomic E-state index is 0.231. The number of aromatic nitrogens is 1. The second-order valence-electron chi connectivity index (χ2n) is 4.70. The summed E-state index contributed by atoms with van der Waals surface area (Å²) in [6.45, 7) is 5.97. The Bertz CT molecular complexity index is 332. The van der Waals surface area contributed by atoms with Gasteiger partial charge in [0.2, 0.25) is 0 Å². The summed E-state index contributed by atoms with van der Waals surface area (Å²) in [6, 6.07) is 0.764. The zero-order valence-corrected chi connectivity index (χ0v) is 10.2. The summed E-state index contributed by atoms with van der Waals surface area (Å²) in [5.74, 6) is 0. The van der Waals surface area contributed by atoms with Gasteiger partial charge in [0.15, 0.2) is 0 Å². The highest BCUT2D eigenvalue weighted by atomic mass is 32.1. The molecule has 4 nitrogen and oxygen atoms in total. The van der Waals surface area contributed by atoms with E-state index in [1.54, 1.807) is 11.3 Å². The van der Waals surface area contributed by atoms with Crippen molar-refractivity contribution < 1.29 is 0 Å². The van der Waals surface area contributed by atoms with E-state index >= 15 is 0 Å². The monoisotopic (exact) mass is 238 g/mol. The van der Waals surface area contributed by atoms with Crippen LogP contribution in [0.15, 0.2) is 11.6 Å². The van der Waals surface area contributed by atoms with Crippen LogP contribution in [-0.4, -0.2) is 59.6 Å². The zero-order valence-electron chi connectivity index (χ0n) is 9.38. The summed E-state index contributed by atoms with van der Waals surface area (Å²) in [5.41, 5.74) is 6.32. The van der Waals surface area contributed by atoms with Gasteiger partial charge in [-0.25, -0.2) is 4.98 Å². The first-order valence-corrected chi connectivity index (χ1v) is 6.81. The first-order chi connectivity index (χ1) is 7.83. The quantitative estimate of drug-likeness (QED) is 0.806. The lowest BCUT2D eigenvalue weighted by atomic mass is 9.99. The van der Waals surface area contributed by atoms with E-state index in [0.717, 1.165) is 13.0 Å². The van der Waals surface area contributed by atoms with Crippen LogP contribution in [0.5, 0.6) is 0 Å². The normalized spacial score (nSPS) is 35.2. The molecule has 0 aliphatic carbocycles. The molecular formula is C11H18N4S. The summed E-state index contributed by atoms with van der Waals surface area (Å²) in [6.07, 6.45) is 2.79. The van der Waals surface area contributed by atoms with Crippen LogP contribution in [0.1, 0.15) is 5.01 Å². The lowest BCUT2D eigenvalue weighted by Gasteiger charge is -2.49. The molecule has 0 aromatic carbocycles. The van der Waals surface area contributed by atoms with Crippen molar-refractivity contribution in [3.05, 3.63) is 16.6 Å². The van der Waals surface area contributed by atoms with Gasteiger partial charge in [0, 0.05) is 62.8 Å². The third-order valence-electron chi connectivity index (χ3n) is 3.71. The summed E-state index contributed by atoms with van der Waals surface area (Å²) in [7, 11) is 0. The van der Waals surface area contributed by atoms with Crippen LogP contribution < -0.4 is 5.73 Å². The Morgan fingerprint density at radius 1 is 1.44 bits per heavy atom. The Morgan fingerprint density at radius 3 is 2.81 bits per heavy atom. The van der Waals surface area contributed by atoms with Crippen molar-refractivity contribution in [2.75, 3.05) is 32.7 Å². The molecule has 88 valence electrons. The summed E-state index contributed by atoms with van der Waals surface area (Å²) in [5, 5.41) is 3.20. The van der Waals surface area contributed by atoms with Crippen molar-refractivity contribution in [2.24, 2.45) is 5.73 Å². The van der Waals surface area contributed by atoms with Crippen LogP contribution in [0, 0.1) is 0 Å². The van der Waals surface area contributed by atoms with E-state index in [-0.39, 0.29) is 6.04 Å². The smallest absolute Gasteiger partial charge is 0.0940 e. The molecule has 1 aromatic heterocycles. The largest absolute Gasteiger partial charge is 0.326 e. The van der Waals surface area contributed by atoms with E-state index in [1.165, 1.54) is 31.2 Å². The molecule has 1 aromatic rings. The van der Waals surface area contributed by atoms with Gasteiger partial charge in [-0.05, 0) is 0 Å². The zero-order chi connectivity index (χ0) is 11.0. The topological polar surface area (TPSA) is 45.4 Å². The molecule has 0 radical (unpaired) electrons. The fourth-order valence-electron chi connectivity index (χ4n) is 2.76. The third-order valence-corrected chi connectivity index (χ3v) is 4.51. The first-order valence-electron chi connectivity index (χ1n) is 5.93. The summed E-state index contributed by atoms with van der Waals surface area (Å²) in [4.78, 5) is 9.41. The SMILES string of the molecule is NC(Cc1nccs1)C1CN2CCN1CC2. The van der Waals surface area contributed by atoms with Gasteiger partial charge >= 0.3 is 0 Å². The van der Waals surface area contributed by atoms with Crippen LogP contribution in [-0.2, 0) is 6.42 Å². The van der Waals surface area contributed by atoms with Gasteiger partial charge in [0.25, 0.3) is 0 Å². The Kier molecular flexibility index (Phi) is 2.93. The molecule has 2 unspecified atom stereocenters. The number of fused-ring (bicyclic) bond motifs is 3. The molecule has 0 saturated carbocycles. The number of nitrogens with two attached hydrogens (primary N) is 1. The Hall–Kier alpha value is -0.490. The van der Waals surface area contributed by atoms with E-state index in [1.807, 2.05) is 11.6 Å². The van der Waals surface area contributed by atoms with Gasteiger partial charge in [0.1, 0.15) is 0 Å². The maximum atomic E-state index is 6.32. The number of hydrogen-bond donors (Lipinski definition) is 1. The Labute approximate surface area is 100 Å². The predicted octanol–water partition coefficient (Wildman–Crippen LogP) is 0.0127. The molecule has 4 heterocycles. The summed E-state index contributed by atoms with van der Waals surface area (Å²) >= 11 is 1.71. The molecule has 16 heavy (non-hydrogen) atoms. The van der Waals surface area contributed by atoms with Crippen molar-refractivity contribution in [1.82, 2.24) is 14.8 Å². The maximum Gasteiger partial charge on any atom is 0.0940 e. The van der Waals surface area contributed by atoms with Crippen LogP contribution in [0.2, 0.25) is 0 Å². The standard InChI is InChI=1S/C11H18N4S/c12-9(7-11-13-1-6-16-11)10-8-14-2-4-15(10)5-3-14/h1,6,9-10H,2-5,7-8,12H2. The van der Waals surface area contributed by atoms with Crippen molar-refractivity contribution in [3.8, 4) is 0 Å². The van der Waals surface area contributed by atoms with Gasteiger partial charge < -0.3 is 5.73 Å². The average Bonchev–Trinajstić information content (AvgIpc) is 2.83. The van der Waals surface area contributed by atoms with Crippen molar-refractivity contribution in [1.29, 1.82) is 0 Å². The molecule has 2 bridgehead atoms. The highest BCUT2D eigenvalue weighted by Gasteiger charge is 2.35. The predicted molar refractivity (Wildman–Crippen MR) is 65.6 cm³/mol. The highest BCUT2D eigenvalue weighted by Crippen LogP contribution is 2.19. The molecule has 3 aliphatic heterocycles. The van der Waals surface area contributed by atoms with Gasteiger partial charge in [-0.3, -0.25) is 9.80 Å². The molecule has 0 amide bonds. The lowest BCUT2D eigenvalue weighted by Crippen LogP contribution is -2.66. The molecule has 3 aliphatic rings. The maximum absolute atomic E-state index is 6.32. The second-order valence-corrected chi connectivity index (χ2v) is 5.68. The number of hydrogen-bond acceptors (Lipinski definition) is 5. The molecular weight excluding hydrogens is 220 g/mol. The van der Waals surface area contributed by atoms with Crippen molar-refractivity contribution >= 4 is 11.3 Å². The minimum Gasteiger partial charge on any atom is -0.326 e. The van der Waals surface area contributed by atoms with E-state index < -0.39 is 0 Å². The van der Waals surface area contributed by atoms with Crippen LogP contribution in [0.25, 0.3) is 0 Å². The van der Waals surface area contributed by atoms with Gasteiger partial charge in [-0.1, -0.05) is 0 Å². The summed E-state index contributed by atoms with van der Waals surface area (Å²) < 4.78 is 0. The molecule has 2 N–H and O–H groups in total. The first kappa shape index (κ1) is 10.7. The number of piperazine rings is 3. The van der Waals surface area contributed by atoms with E-state index in [4.69, 9.17) is 5.73 Å². The Morgan fingerprint density at radius 2 is 2.25 bits per heavy atom. The lowest BCUT2D eigenvalue weighted by molar-refractivity contribution is 0.00258. The minimum absolute atomic E-state index is 0.231. The molecule has 3 saturated heterocycles. The van der Waals surface area contributed by atoms with Crippen molar-refractivity contribution in [2.45, 2.75) is 18.5 Å².